The van der Waals surface area contributed by atoms with E-state index in [2.05, 4.69) is 23.8 Å². The number of nitrogens with zero attached hydrogens (tertiary/aromatic N) is 3. The first-order valence-corrected chi connectivity index (χ1v) is 8.10. The summed E-state index contributed by atoms with van der Waals surface area (Å²) in [7, 11) is 0. The molecule has 0 fully saturated rings. The molecule has 0 saturated heterocycles. The van der Waals surface area contributed by atoms with Crippen LogP contribution in [0.15, 0.2) is 41.3 Å². The Morgan fingerprint density at radius 1 is 1.21 bits per heavy atom. The van der Waals surface area contributed by atoms with Gasteiger partial charge in [0.2, 0.25) is 0 Å². The Bertz CT molecular complexity index is 993. The van der Waals surface area contributed by atoms with E-state index in [9.17, 15) is 4.79 Å². The number of rotatable bonds is 1. The van der Waals surface area contributed by atoms with Crippen molar-refractivity contribution in [2.24, 2.45) is 5.41 Å². The first-order valence-electron chi connectivity index (χ1n) is 8.10. The summed E-state index contributed by atoms with van der Waals surface area (Å²) in [4.78, 5) is 21.4. The van der Waals surface area contributed by atoms with Gasteiger partial charge in [0, 0.05) is 24.7 Å². The summed E-state index contributed by atoms with van der Waals surface area (Å²) < 4.78 is 16.7. The maximum absolute atomic E-state index is 15.0. The van der Waals surface area contributed by atoms with Crippen molar-refractivity contribution in [3.05, 3.63) is 58.5 Å². The molecular formula is C19H18FN3O. The quantitative estimate of drug-likeness (QED) is 0.688. The van der Waals surface area contributed by atoms with E-state index >= 15 is 4.39 Å². The van der Waals surface area contributed by atoms with Gasteiger partial charge in [-0.2, -0.15) is 0 Å². The number of fused-ring (bicyclic) bond motifs is 2. The third-order valence-electron chi connectivity index (χ3n) is 4.73. The molecule has 3 heterocycles. The van der Waals surface area contributed by atoms with Crippen molar-refractivity contribution >= 4 is 10.9 Å². The van der Waals surface area contributed by atoms with E-state index in [0.29, 0.717) is 35.4 Å². The second-order valence-corrected chi connectivity index (χ2v) is 7.11. The average Bonchev–Trinajstić information content (AvgIpc) is 2.56. The minimum absolute atomic E-state index is 0.0716. The molecule has 0 amide bonds. The van der Waals surface area contributed by atoms with Crippen LogP contribution >= 0.6 is 0 Å². The molecule has 0 atom stereocenters. The molecule has 5 heteroatoms. The van der Waals surface area contributed by atoms with Crippen LogP contribution in [0.1, 0.15) is 26.1 Å². The molecule has 4 nitrogen and oxygen atoms in total. The normalized spacial score (nSPS) is 16.1. The first kappa shape index (κ1) is 15.0. The molecule has 0 radical (unpaired) electrons. The van der Waals surface area contributed by atoms with Crippen LogP contribution in [0.5, 0.6) is 0 Å². The summed E-state index contributed by atoms with van der Waals surface area (Å²) in [5, 5.41) is 0.329. The van der Waals surface area contributed by atoms with Crippen molar-refractivity contribution < 1.29 is 4.39 Å². The van der Waals surface area contributed by atoms with E-state index in [-0.39, 0.29) is 16.5 Å². The number of halogens is 1. The zero-order valence-corrected chi connectivity index (χ0v) is 13.7. The predicted octanol–water partition coefficient (Wildman–Crippen LogP) is 3.57. The van der Waals surface area contributed by atoms with Crippen LogP contribution in [0.25, 0.3) is 22.2 Å². The molecule has 2 aromatic heterocycles. The van der Waals surface area contributed by atoms with Crippen LogP contribution in [0, 0.1) is 11.2 Å². The van der Waals surface area contributed by atoms with Crippen LogP contribution in [0.2, 0.25) is 0 Å². The van der Waals surface area contributed by atoms with Crippen molar-refractivity contribution in [1.82, 2.24) is 14.5 Å². The number of aromatic nitrogens is 3. The first-order chi connectivity index (χ1) is 11.5. The molecule has 0 N–H and O–H groups in total. The van der Waals surface area contributed by atoms with Crippen molar-refractivity contribution in [1.29, 1.82) is 0 Å². The largest absolute Gasteiger partial charge is 0.296 e. The maximum Gasteiger partial charge on any atom is 0.261 e. The van der Waals surface area contributed by atoms with Gasteiger partial charge >= 0.3 is 0 Å². The Labute approximate surface area is 139 Å². The van der Waals surface area contributed by atoms with Gasteiger partial charge in [0.25, 0.3) is 5.56 Å². The van der Waals surface area contributed by atoms with Gasteiger partial charge in [-0.3, -0.25) is 14.3 Å². The zero-order valence-electron chi connectivity index (χ0n) is 13.7. The number of hydrogen-bond acceptors (Lipinski definition) is 3. The van der Waals surface area contributed by atoms with Gasteiger partial charge < -0.3 is 0 Å². The van der Waals surface area contributed by atoms with Crippen LogP contribution in [-0.2, 0) is 13.0 Å². The highest BCUT2D eigenvalue weighted by molar-refractivity contribution is 5.84. The lowest BCUT2D eigenvalue weighted by molar-refractivity contribution is 0.261. The fourth-order valence-corrected chi connectivity index (χ4v) is 3.31. The SMILES string of the molecule is CC1(C)CCn2c(nc3c(F)c(-c4ccccn4)ccc3c2=O)C1. The van der Waals surface area contributed by atoms with Crippen LogP contribution in [0.4, 0.5) is 4.39 Å². The predicted molar refractivity (Wildman–Crippen MR) is 91.3 cm³/mol. The fraction of sp³-hybridized carbons (Fsp3) is 0.316. The molecule has 1 aliphatic rings. The zero-order chi connectivity index (χ0) is 16.9. The van der Waals surface area contributed by atoms with Gasteiger partial charge in [-0.05, 0) is 36.1 Å². The van der Waals surface area contributed by atoms with Crippen LogP contribution in [0.3, 0.4) is 0 Å². The van der Waals surface area contributed by atoms with Crippen molar-refractivity contribution in [2.45, 2.75) is 33.2 Å². The van der Waals surface area contributed by atoms with Gasteiger partial charge in [-0.1, -0.05) is 19.9 Å². The molecule has 0 bridgehead atoms. The lowest BCUT2D eigenvalue weighted by atomic mass is 9.83. The molecule has 1 aromatic carbocycles. The maximum atomic E-state index is 15.0. The monoisotopic (exact) mass is 323 g/mol. The minimum Gasteiger partial charge on any atom is -0.296 e. The van der Waals surface area contributed by atoms with Crippen molar-refractivity contribution in [3.8, 4) is 11.3 Å². The van der Waals surface area contributed by atoms with Gasteiger partial charge in [0.05, 0.1) is 11.1 Å². The Kier molecular flexibility index (Phi) is 3.27. The van der Waals surface area contributed by atoms with Crippen LogP contribution < -0.4 is 5.56 Å². The minimum atomic E-state index is -0.477. The highest BCUT2D eigenvalue weighted by atomic mass is 19.1. The molecule has 4 rings (SSSR count). The smallest absolute Gasteiger partial charge is 0.261 e. The lowest BCUT2D eigenvalue weighted by Gasteiger charge is -2.31. The Balaban J connectivity index is 1.98. The van der Waals surface area contributed by atoms with Gasteiger partial charge in [0.15, 0.2) is 5.82 Å². The summed E-state index contributed by atoms with van der Waals surface area (Å²) >= 11 is 0. The molecule has 0 spiro atoms. The molecule has 0 saturated carbocycles. The number of benzene rings is 1. The number of pyridine rings is 1. The summed E-state index contributed by atoms with van der Waals surface area (Å²) in [6.07, 6.45) is 3.21. The van der Waals surface area contributed by atoms with Gasteiger partial charge in [0.1, 0.15) is 11.3 Å². The van der Waals surface area contributed by atoms with Crippen molar-refractivity contribution in [2.75, 3.05) is 0 Å². The fourth-order valence-electron chi connectivity index (χ4n) is 3.31. The van der Waals surface area contributed by atoms with E-state index < -0.39 is 5.82 Å². The average molecular weight is 323 g/mol. The second kappa shape index (κ2) is 5.23. The highest BCUT2D eigenvalue weighted by Crippen LogP contribution is 2.31. The molecule has 3 aromatic rings. The standard InChI is InChI=1S/C19H18FN3O/c1-19(2)8-10-23-15(11-19)22-17-13(18(23)24)7-6-12(16(17)20)14-5-3-4-9-21-14/h3-7,9H,8,10-11H2,1-2H3. The van der Waals surface area contributed by atoms with E-state index in [1.54, 1.807) is 35.0 Å². The Morgan fingerprint density at radius 2 is 2.04 bits per heavy atom. The third kappa shape index (κ3) is 2.31. The molecular weight excluding hydrogens is 305 g/mol. The van der Waals surface area contributed by atoms with E-state index in [1.807, 2.05) is 6.07 Å². The molecule has 24 heavy (non-hydrogen) atoms. The topological polar surface area (TPSA) is 47.8 Å². The summed E-state index contributed by atoms with van der Waals surface area (Å²) in [6, 6.07) is 8.61. The molecule has 122 valence electrons. The molecule has 0 aliphatic carbocycles. The lowest BCUT2D eigenvalue weighted by Crippen LogP contribution is -2.35. The van der Waals surface area contributed by atoms with E-state index in [1.165, 1.54) is 0 Å². The van der Waals surface area contributed by atoms with Crippen LogP contribution in [-0.4, -0.2) is 14.5 Å². The van der Waals surface area contributed by atoms with Crippen molar-refractivity contribution in [3.63, 3.8) is 0 Å². The summed E-state index contributed by atoms with van der Waals surface area (Å²) in [5.74, 6) is 0.191. The third-order valence-corrected chi connectivity index (χ3v) is 4.73. The molecule has 1 aliphatic heterocycles. The Morgan fingerprint density at radius 3 is 2.79 bits per heavy atom. The van der Waals surface area contributed by atoms with Gasteiger partial charge in [-0.15, -0.1) is 0 Å². The molecule has 0 unspecified atom stereocenters. The van der Waals surface area contributed by atoms with E-state index in [4.69, 9.17) is 0 Å². The highest BCUT2D eigenvalue weighted by Gasteiger charge is 2.28. The van der Waals surface area contributed by atoms with Gasteiger partial charge in [-0.25, -0.2) is 9.37 Å². The second-order valence-electron chi connectivity index (χ2n) is 7.11. The van der Waals surface area contributed by atoms with E-state index in [0.717, 1.165) is 6.42 Å². The number of hydrogen-bond donors (Lipinski definition) is 0. The summed E-state index contributed by atoms with van der Waals surface area (Å²) in [6.45, 7) is 4.93. The Hall–Kier alpha value is -2.56. The summed E-state index contributed by atoms with van der Waals surface area (Å²) in [5.41, 5.74) is 0.971.